The second-order valence-corrected chi connectivity index (χ2v) is 4.35. The third kappa shape index (κ3) is 2.77. The second kappa shape index (κ2) is 5.19. The average Bonchev–Trinajstić information content (AvgIpc) is 2.35. The molecule has 0 spiro atoms. The van der Waals surface area contributed by atoms with Crippen molar-refractivity contribution in [1.29, 1.82) is 0 Å². The number of ether oxygens (including phenoxy) is 1. The molecule has 0 radical (unpaired) electrons. The number of nitrogens with two attached hydrogens (primary N) is 1. The first kappa shape index (κ1) is 11.9. The van der Waals surface area contributed by atoms with Crippen LogP contribution in [0.2, 0.25) is 0 Å². The Kier molecular flexibility index (Phi) is 3.64. The highest BCUT2D eigenvalue weighted by Crippen LogP contribution is 2.33. The molecule has 0 aliphatic rings. The minimum Gasteiger partial charge on any atom is -0.485 e. The molecule has 2 nitrogen and oxygen atoms in total. The summed E-state index contributed by atoms with van der Waals surface area (Å²) >= 11 is 3.21. The molecule has 88 valence electrons. The maximum atomic E-state index is 13.5. The van der Waals surface area contributed by atoms with E-state index in [4.69, 9.17) is 10.5 Å². The van der Waals surface area contributed by atoms with Crippen molar-refractivity contribution in [3.8, 4) is 5.75 Å². The number of benzene rings is 2. The van der Waals surface area contributed by atoms with Gasteiger partial charge in [-0.15, -0.1) is 0 Å². The minimum atomic E-state index is -0.429. The molecule has 0 saturated carbocycles. The van der Waals surface area contributed by atoms with E-state index in [9.17, 15) is 4.39 Å². The van der Waals surface area contributed by atoms with E-state index in [2.05, 4.69) is 15.9 Å². The lowest BCUT2D eigenvalue weighted by atomic mass is 10.2. The first-order chi connectivity index (χ1) is 8.18. The highest BCUT2D eigenvalue weighted by Gasteiger charge is 2.11. The molecule has 2 rings (SSSR count). The normalized spacial score (nSPS) is 10.2. The number of hydrogen-bond donors (Lipinski definition) is 1. The summed E-state index contributed by atoms with van der Waals surface area (Å²) in [5.74, 6) is -0.282. The summed E-state index contributed by atoms with van der Waals surface area (Å²) in [6, 6.07) is 12.3. The van der Waals surface area contributed by atoms with E-state index in [1.165, 1.54) is 12.1 Å². The van der Waals surface area contributed by atoms with Gasteiger partial charge in [0.25, 0.3) is 0 Å². The average molecular weight is 296 g/mol. The highest BCUT2D eigenvalue weighted by atomic mass is 79.9. The van der Waals surface area contributed by atoms with Crippen LogP contribution in [-0.2, 0) is 6.61 Å². The van der Waals surface area contributed by atoms with Crippen molar-refractivity contribution in [2.45, 2.75) is 6.61 Å². The number of hydrogen-bond acceptors (Lipinski definition) is 2. The first-order valence-corrected chi connectivity index (χ1v) is 5.88. The zero-order chi connectivity index (χ0) is 12.3. The van der Waals surface area contributed by atoms with Gasteiger partial charge in [0.15, 0.2) is 11.6 Å². The van der Waals surface area contributed by atoms with Crippen LogP contribution < -0.4 is 10.5 Å². The van der Waals surface area contributed by atoms with Gasteiger partial charge in [-0.1, -0.05) is 30.3 Å². The maximum Gasteiger partial charge on any atom is 0.171 e. The van der Waals surface area contributed by atoms with Crippen LogP contribution >= 0.6 is 15.9 Å². The van der Waals surface area contributed by atoms with Crippen LogP contribution in [0.1, 0.15) is 5.56 Å². The van der Waals surface area contributed by atoms with Crippen molar-refractivity contribution in [3.05, 3.63) is 58.3 Å². The summed E-state index contributed by atoms with van der Waals surface area (Å²) in [6.45, 7) is 0.305. The lowest BCUT2D eigenvalue weighted by Crippen LogP contribution is -2.00. The van der Waals surface area contributed by atoms with Gasteiger partial charge in [-0.3, -0.25) is 0 Å². The second-order valence-electron chi connectivity index (χ2n) is 3.55. The SMILES string of the molecule is Nc1ccc(F)c(OCc2ccccc2)c1Br. The van der Waals surface area contributed by atoms with Gasteiger partial charge in [0, 0.05) is 5.69 Å². The van der Waals surface area contributed by atoms with Crippen molar-refractivity contribution in [2.75, 3.05) is 5.73 Å². The zero-order valence-electron chi connectivity index (χ0n) is 8.99. The van der Waals surface area contributed by atoms with E-state index >= 15 is 0 Å². The molecule has 2 aromatic carbocycles. The summed E-state index contributed by atoms with van der Waals surface area (Å²) in [6.07, 6.45) is 0. The fourth-order valence-corrected chi connectivity index (χ4v) is 1.85. The third-order valence-electron chi connectivity index (χ3n) is 2.30. The molecular formula is C13H11BrFNO. The summed E-state index contributed by atoms with van der Waals surface area (Å²) in [5.41, 5.74) is 7.09. The lowest BCUT2D eigenvalue weighted by molar-refractivity contribution is 0.288. The molecule has 2 N–H and O–H groups in total. The van der Waals surface area contributed by atoms with E-state index in [0.717, 1.165) is 5.56 Å². The van der Waals surface area contributed by atoms with E-state index in [1.807, 2.05) is 30.3 Å². The van der Waals surface area contributed by atoms with Crippen LogP contribution in [0.5, 0.6) is 5.75 Å². The molecule has 0 unspecified atom stereocenters. The van der Waals surface area contributed by atoms with E-state index in [1.54, 1.807) is 0 Å². The van der Waals surface area contributed by atoms with Gasteiger partial charge in [0.2, 0.25) is 0 Å². The molecule has 0 aliphatic carbocycles. The first-order valence-electron chi connectivity index (χ1n) is 5.08. The van der Waals surface area contributed by atoms with Crippen molar-refractivity contribution < 1.29 is 9.13 Å². The summed E-state index contributed by atoms with van der Waals surface area (Å²) in [5, 5.41) is 0. The Morgan fingerprint density at radius 1 is 1.12 bits per heavy atom. The van der Waals surface area contributed by atoms with Gasteiger partial charge < -0.3 is 10.5 Å². The van der Waals surface area contributed by atoms with Gasteiger partial charge in [-0.2, -0.15) is 0 Å². The Morgan fingerprint density at radius 3 is 2.53 bits per heavy atom. The van der Waals surface area contributed by atoms with Gasteiger partial charge in [0.1, 0.15) is 6.61 Å². The molecule has 0 amide bonds. The lowest BCUT2D eigenvalue weighted by Gasteiger charge is -2.10. The summed E-state index contributed by atoms with van der Waals surface area (Å²) < 4.78 is 19.4. The molecule has 0 fully saturated rings. The Morgan fingerprint density at radius 2 is 1.82 bits per heavy atom. The van der Waals surface area contributed by atoms with E-state index in [0.29, 0.717) is 16.8 Å². The van der Waals surface area contributed by atoms with Crippen LogP contribution in [0.25, 0.3) is 0 Å². The molecule has 0 bridgehead atoms. The van der Waals surface area contributed by atoms with Crippen LogP contribution in [-0.4, -0.2) is 0 Å². The Labute approximate surface area is 107 Å². The van der Waals surface area contributed by atoms with Crippen LogP contribution in [0, 0.1) is 5.82 Å². The van der Waals surface area contributed by atoms with Crippen molar-refractivity contribution in [3.63, 3.8) is 0 Å². The largest absolute Gasteiger partial charge is 0.485 e. The highest BCUT2D eigenvalue weighted by molar-refractivity contribution is 9.10. The Balaban J connectivity index is 2.17. The van der Waals surface area contributed by atoms with E-state index < -0.39 is 5.82 Å². The smallest absolute Gasteiger partial charge is 0.171 e. The Bertz CT molecular complexity index is 516. The number of halogens is 2. The topological polar surface area (TPSA) is 35.2 Å². The monoisotopic (exact) mass is 295 g/mol. The predicted octanol–water partition coefficient (Wildman–Crippen LogP) is 3.75. The summed E-state index contributed by atoms with van der Waals surface area (Å²) in [4.78, 5) is 0. The standard InChI is InChI=1S/C13H11BrFNO/c14-12-11(16)7-6-10(15)13(12)17-8-9-4-2-1-3-5-9/h1-7H,8,16H2. The predicted molar refractivity (Wildman–Crippen MR) is 69.3 cm³/mol. The van der Waals surface area contributed by atoms with Crippen molar-refractivity contribution >= 4 is 21.6 Å². The molecule has 0 aliphatic heterocycles. The molecule has 4 heteroatoms. The summed E-state index contributed by atoms with van der Waals surface area (Å²) in [7, 11) is 0. The molecular weight excluding hydrogens is 285 g/mol. The number of anilines is 1. The van der Waals surface area contributed by atoms with Gasteiger partial charge in [0.05, 0.1) is 4.47 Å². The maximum absolute atomic E-state index is 13.5. The Hall–Kier alpha value is -1.55. The van der Waals surface area contributed by atoms with Gasteiger partial charge >= 0.3 is 0 Å². The van der Waals surface area contributed by atoms with E-state index in [-0.39, 0.29) is 5.75 Å². The molecule has 0 atom stereocenters. The van der Waals surface area contributed by atoms with Crippen molar-refractivity contribution in [2.24, 2.45) is 0 Å². The number of rotatable bonds is 3. The third-order valence-corrected chi connectivity index (χ3v) is 3.12. The fraction of sp³-hybridized carbons (Fsp3) is 0.0769. The zero-order valence-corrected chi connectivity index (χ0v) is 10.6. The number of nitrogen functional groups attached to an aromatic ring is 1. The van der Waals surface area contributed by atoms with Gasteiger partial charge in [-0.05, 0) is 33.6 Å². The quantitative estimate of drug-likeness (QED) is 0.875. The van der Waals surface area contributed by atoms with Gasteiger partial charge in [-0.25, -0.2) is 4.39 Å². The molecule has 17 heavy (non-hydrogen) atoms. The molecule has 0 heterocycles. The molecule has 0 saturated heterocycles. The van der Waals surface area contributed by atoms with Crippen molar-refractivity contribution in [1.82, 2.24) is 0 Å². The van der Waals surface area contributed by atoms with Crippen LogP contribution in [0.3, 0.4) is 0 Å². The molecule has 2 aromatic rings. The minimum absolute atomic E-state index is 0.147. The molecule has 0 aromatic heterocycles. The fourth-order valence-electron chi connectivity index (χ4n) is 1.41. The van der Waals surface area contributed by atoms with Crippen LogP contribution in [0.15, 0.2) is 46.9 Å². The van der Waals surface area contributed by atoms with Crippen LogP contribution in [0.4, 0.5) is 10.1 Å².